The Kier molecular flexibility index (Phi) is 3.64. The zero-order chi connectivity index (χ0) is 12.3. The van der Waals surface area contributed by atoms with E-state index < -0.39 is 0 Å². The number of hydrogen-bond acceptors (Lipinski definition) is 4. The van der Waals surface area contributed by atoms with Crippen molar-refractivity contribution in [3.05, 3.63) is 23.8 Å². The standard InChI is InChI=1S/C13H17NO3/c1-3-5-10(14-2)12(15)9-6-4-7-11-13(9)17-8-16-11/h4,6-7,10,14H,3,5,8H2,1-2H3/t10-/m0/s1. The van der Waals surface area contributed by atoms with Gasteiger partial charge in [-0.15, -0.1) is 0 Å². The van der Waals surface area contributed by atoms with E-state index in [4.69, 9.17) is 9.47 Å². The number of hydrogen-bond donors (Lipinski definition) is 1. The topological polar surface area (TPSA) is 47.6 Å². The van der Waals surface area contributed by atoms with E-state index >= 15 is 0 Å². The summed E-state index contributed by atoms with van der Waals surface area (Å²) in [6.07, 6.45) is 1.78. The SMILES string of the molecule is CCC[C@H](NC)C(=O)c1cccc2c1OCO2. The molecule has 1 aromatic carbocycles. The molecule has 0 aliphatic carbocycles. The number of carbonyl (C=O) groups is 1. The molecule has 1 atom stereocenters. The third kappa shape index (κ3) is 2.26. The van der Waals surface area contributed by atoms with Gasteiger partial charge >= 0.3 is 0 Å². The lowest BCUT2D eigenvalue weighted by atomic mass is 9.99. The second-order valence-corrected chi connectivity index (χ2v) is 4.03. The molecule has 2 rings (SSSR count). The molecule has 0 aromatic heterocycles. The number of carbonyl (C=O) groups excluding carboxylic acids is 1. The molecule has 92 valence electrons. The van der Waals surface area contributed by atoms with Crippen molar-refractivity contribution in [2.24, 2.45) is 0 Å². The molecule has 0 unspecified atom stereocenters. The molecule has 0 spiro atoms. The number of likely N-dealkylation sites (N-methyl/N-ethyl adjacent to an activating group) is 1. The Morgan fingerprint density at radius 3 is 3.00 bits per heavy atom. The van der Waals surface area contributed by atoms with E-state index in [0.717, 1.165) is 12.8 Å². The number of fused-ring (bicyclic) bond motifs is 1. The summed E-state index contributed by atoms with van der Waals surface area (Å²) in [5.74, 6) is 1.30. The molecule has 1 aliphatic rings. The van der Waals surface area contributed by atoms with Crippen molar-refractivity contribution in [2.75, 3.05) is 13.8 Å². The molecule has 0 amide bonds. The Bertz CT molecular complexity index is 417. The first-order valence-electron chi connectivity index (χ1n) is 5.88. The highest BCUT2D eigenvalue weighted by molar-refractivity contribution is 6.03. The van der Waals surface area contributed by atoms with Crippen LogP contribution in [0.1, 0.15) is 30.1 Å². The average Bonchev–Trinajstić information content (AvgIpc) is 2.83. The minimum atomic E-state index is -0.157. The maximum Gasteiger partial charge on any atom is 0.231 e. The number of Topliss-reactive ketones (excluding diaryl/α,β-unsaturated/α-hetero) is 1. The van der Waals surface area contributed by atoms with E-state index in [0.29, 0.717) is 17.1 Å². The van der Waals surface area contributed by atoms with Crippen LogP contribution in [-0.4, -0.2) is 25.7 Å². The average molecular weight is 235 g/mol. The van der Waals surface area contributed by atoms with E-state index in [-0.39, 0.29) is 18.6 Å². The van der Waals surface area contributed by atoms with E-state index in [1.54, 1.807) is 13.1 Å². The van der Waals surface area contributed by atoms with Crippen molar-refractivity contribution in [3.8, 4) is 11.5 Å². The van der Waals surface area contributed by atoms with Crippen LogP contribution < -0.4 is 14.8 Å². The highest BCUT2D eigenvalue weighted by Crippen LogP contribution is 2.36. The van der Waals surface area contributed by atoms with Gasteiger partial charge in [0, 0.05) is 0 Å². The summed E-state index contributed by atoms with van der Waals surface area (Å²) in [6, 6.07) is 5.26. The molecule has 1 N–H and O–H groups in total. The highest BCUT2D eigenvalue weighted by atomic mass is 16.7. The largest absolute Gasteiger partial charge is 0.454 e. The molecule has 0 saturated heterocycles. The fourth-order valence-electron chi connectivity index (χ4n) is 2.01. The number of rotatable bonds is 5. The van der Waals surface area contributed by atoms with Gasteiger partial charge in [-0.25, -0.2) is 0 Å². The molecule has 0 radical (unpaired) electrons. The molecule has 4 nitrogen and oxygen atoms in total. The molecular formula is C13H17NO3. The van der Waals surface area contributed by atoms with Crippen LogP contribution in [0.2, 0.25) is 0 Å². The van der Waals surface area contributed by atoms with Crippen LogP contribution in [0.15, 0.2) is 18.2 Å². The summed E-state index contributed by atoms with van der Waals surface area (Å²) in [5, 5.41) is 3.05. The maximum absolute atomic E-state index is 12.3. The third-order valence-corrected chi connectivity index (χ3v) is 2.90. The Morgan fingerprint density at radius 1 is 1.47 bits per heavy atom. The molecule has 1 aromatic rings. The fourth-order valence-corrected chi connectivity index (χ4v) is 2.01. The Hall–Kier alpha value is -1.55. The fraction of sp³-hybridized carbons (Fsp3) is 0.462. The van der Waals surface area contributed by atoms with Crippen LogP contribution >= 0.6 is 0 Å². The van der Waals surface area contributed by atoms with Gasteiger partial charge in [0.2, 0.25) is 6.79 Å². The molecular weight excluding hydrogens is 218 g/mol. The molecule has 0 bridgehead atoms. The van der Waals surface area contributed by atoms with Crippen molar-refractivity contribution in [3.63, 3.8) is 0 Å². The van der Waals surface area contributed by atoms with Gasteiger partial charge in [-0.3, -0.25) is 4.79 Å². The Labute approximate surface area is 101 Å². The normalized spacial score (nSPS) is 14.7. The van der Waals surface area contributed by atoms with Crippen molar-refractivity contribution in [1.29, 1.82) is 0 Å². The summed E-state index contributed by atoms with van der Waals surface area (Å²) in [7, 11) is 1.80. The van der Waals surface area contributed by atoms with Gasteiger partial charge in [-0.05, 0) is 25.6 Å². The maximum atomic E-state index is 12.3. The van der Waals surface area contributed by atoms with E-state index in [2.05, 4.69) is 12.2 Å². The van der Waals surface area contributed by atoms with Crippen LogP contribution in [-0.2, 0) is 0 Å². The molecule has 0 fully saturated rings. The highest BCUT2D eigenvalue weighted by Gasteiger charge is 2.25. The molecule has 1 aliphatic heterocycles. The molecule has 1 heterocycles. The first-order valence-corrected chi connectivity index (χ1v) is 5.88. The molecule has 0 saturated carbocycles. The predicted molar refractivity (Wildman–Crippen MR) is 64.7 cm³/mol. The van der Waals surface area contributed by atoms with E-state index in [1.165, 1.54) is 0 Å². The number of para-hydroxylation sites is 1. The third-order valence-electron chi connectivity index (χ3n) is 2.90. The summed E-state index contributed by atoms with van der Waals surface area (Å²) in [4.78, 5) is 12.3. The Morgan fingerprint density at radius 2 is 2.29 bits per heavy atom. The lowest BCUT2D eigenvalue weighted by molar-refractivity contribution is 0.0937. The predicted octanol–water partition coefficient (Wildman–Crippen LogP) is 1.99. The smallest absolute Gasteiger partial charge is 0.231 e. The summed E-state index contributed by atoms with van der Waals surface area (Å²) in [5.41, 5.74) is 0.604. The van der Waals surface area contributed by atoms with E-state index in [9.17, 15) is 4.79 Å². The van der Waals surface area contributed by atoms with Crippen LogP contribution in [0.5, 0.6) is 11.5 Å². The van der Waals surface area contributed by atoms with Crippen LogP contribution in [0.4, 0.5) is 0 Å². The number of nitrogens with one attached hydrogen (secondary N) is 1. The number of ketones is 1. The zero-order valence-corrected chi connectivity index (χ0v) is 10.2. The zero-order valence-electron chi connectivity index (χ0n) is 10.2. The van der Waals surface area contributed by atoms with Crippen LogP contribution in [0.25, 0.3) is 0 Å². The van der Waals surface area contributed by atoms with Crippen LogP contribution in [0, 0.1) is 0 Å². The number of benzene rings is 1. The number of ether oxygens (including phenoxy) is 2. The van der Waals surface area contributed by atoms with Crippen LogP contribution in [0.3, 0.4) is 0 Å². The van der Waals surface area contributed by atoms with Crippen molar-refractivity contribution < 1.29 is 14.3 Å². The minimum Gasteiger partial charge on any atom is -0.454 e. The van der Waals surface area contributed by atoms with Gasteiger partial charge in [0.15, 0.2) is 17.3 Å². The van der Waals surface area contributed by atoms with Gasteiger partial charge in [0.25, 0.3) is 0 Å². The van der Waals surface area contributed by atoms with Crippen molar-refractivity contribution >= 4 is 5.78 Å². The lowest BCUT2D eigenvalue weighted by Crippen LogP contribution is -2.34. The first-order chi connectivity index (χ1) is 8.27. The summed E-state index contributed by atoms with van der Waals surface area (Å²) >= 11 is 0. The van der Waals surface area contributed by atoms with Gasteiger partial charge in [0.1, 0.15) is 0 Å². The van der Waals surface area contributed by atoms with Crippen molar-refractivity contribution in [2.45, 2.75) is 25.8 Å². The Balaban J connectivity index is 2.28. The van der Waals surface area contributed by atoms with E-state index in [1.807, 2.05) is 12.1 Å². The monoisotopic (exact) mass is 235 g/mol. The second-order valence-electron chi connectivity index (χ2n) is 4.03. The van der Waals surface area contributed by atoms with Crippen molar-refractivity contribution in [1.82, 2.24) is 5.32 Å². The summed E-state index contributed by atoms with van der Waals surface area (Å²) in [6.45, 7) is 2.25. The first kappa shape index (κ1) is 11.9. The lowest BCUT2D eigenvalue weighted by Gasteiger charge is -2.14. The van der Waals surface area contributed by atoms with Gasteiger partial charge in [-0.2, -0.15) is 0 Å². The van der Waals surface area contributed by atoms with Gasteiger partial charge < -0.3 is 14.8 Å². The second kappa shape index (κ2) is 5.19. The summed E-state index contributed by atoms with van der Waals surface area (Å²) < 4.78 is 10.6. The molecule has 17 heavy (non-hydrogen) atoms. The minimum absolute atomic E-state index is 0.0664. The van der Waals surface area contributed by atoms with Gasteiger partial charge in [-0.1, -0.05) is 19.4 Å². The van der Waals surface area contributed by atoms with Gasteiger partial charge in [0.05, 0.1) is 11.6 Å². The molecule has 4 heteroatoms. The quantitative estimate of drug-likeness (QED) is 0.793.